The fourth-order valence-corrected chi connectivity index (χ4v) is 7.34. The zero-order valence-corrected chi connectivity index (χ0v) is 32.4. The molecule has 0 aliphatic carbocycles. The highest BCUT2D eigenvalue weighted by Gasteiger charge is 2.17. The maximum absolute atomic E-state index is 9.87. The van der Waals surface area contributed by atoms with Crippen molar-refractivity contribution >= 4 is 51.1 Å². The Morgan fingerprint density at radius 2 is 0.965 bits per heavy atom. The van der Waals surface area contributed by atoms with E-state index in [0.29, 0.717) is 0 Å². The van der Waals surface area contributed by atoms with Crippen molar-refractivity contribution < 1.29 is 5.11 Å². The standard InChI is InChI=1S/C55H45NO/c1-40-20-28-46(29-21-40)54(47-30-22-41(2)23-31-47)38-48-32-37-55(53-18-10-9-17-52(48)53)56(50-35-26-43(39-57)27-36-50)49-33-24-42(25-34-49)12-11-19-51(44-13-5-3-6-14-44)45-15-7-4-8-16-45/h3-38,57H,39H2,1-2H3/b12-11+. The van der Waals surface area contributed by atoms with E-state index in [-0.39, 0.29) is 6.61 Å². The summed E-state index contributed by atoms with van der Waals surface area (Å²) in [5, 5.41) is 12.2. The molecule has 0 aromatic heterocycles. The molecule has 2 nitrogen and oxygen atoms in total. The number of fused-ring (bicyclic) bond motifs is 1. The van der Waals surface area contributed by atoms with Crippen LogP contribution in [0.25, 0.3) is 34.1 Å². The summed E-state index contributed by atoms with van der Waals surface area (Å²) >= 11 is 0. The van der Waals surface area contributed by atoms with E-state index in [9.17, 15) is 5.11 Å². The van der Waals surface area contributed by atoms with Crippen LogP contribution in [0.3, 0.4) is 0 Å². The molecule has 0 fully saturated rings. The van der Waals surface area contributed by atoms with E-state index >= 15 is 0 Å². The number of rotatable bonds is 11. The third-order valence-electron chi connectivity index (χ3n) is 10.5. The van der Waals surface area contributed by atoms with Crippen LogP contribution in [0.5, 0.6) is 0 Å². The number of hydrogen-bond donors (Lipinski definition) is 1. The minimum Gasteiger partial charge on any atom is -0.392 e. The molecule has 8 rings (SSSR count). The van der Waals surface area contributed by atoms with Crippen LogP contribution in [0.4, 0.5) is 17.1 Å². The van der Waals surface area contributed by atoms with Crippen molar-refractivity contribution in [1.29, 1.82) is 0 Å². The fraction of sp³-hybridized carbons (Fsp3) is 0.0545. The van der Waals surface area contributed by atoms with Gasteiger partial charge in [-0.25, -0.2) is 0 Å². The largest absolute Gasteiger partial charge is 0.392 e. The molecule has 0 saturated carbocycles. The van der Waals surface area contributed by atoms with E-state index in [0.717, 1.165) is 39.1 Å². The van der Waals surface area contributed by atoms with Gasteiger partial charge in [-0.15, -0.1) is 0 Å². The second-order valence-electron chi connectivity index (χ2n) is 14.4. The first-order chi connectivity index (χ1) is 28.0. The van der Waals surface area contributed by atoms with Gasteiger partial charge in [0.1, 0.15) is 0 Å². The third-order valence-corrected chi connectivity index (χ3v) is 10.5. The van der Waals surface area contributed by atoms with Crippen molar-refractivity contribution in [2.24, 2.45) is 0 Å². The van der Waals surface area contributed by atoms with E-state index < -0.39 is 0 Å². The zero-order valence-electron chi connectivity index (χ0n) is 32.4. The van der Waals surface area contributed by atoms with Gasteiger partial charge < -0.3 is 10.0 Å². The topological polar surface area (TPSA) is 23.5 Å². The van der Waals surface area contributed by atoms with Crippen molar-refractivity contribution in [3.8, 4) is 0 Å². The van der Waals surface area contributed by atoms with Gasteiger partial charge in [-0.2, -0.15) is 0 Å². The van der Waals surface area contributed by atoms with Crippen molar-refractivity contribution in [3.05, 3.63) is 256 Å². The molecule has 0 spiro atoms. The number of nitrogens with zero attached hydrogens (tertiary/aromatic N) is 1. The SMILES string of the molecule is Cc1ccc(C(=Cc2ccc(N(c3ccc(/C=C/C=C(c4ccccc4)c4ccccc4)cc3)c3ccc(CO)cc3)c3ccccc23)c2ccc(C)cc2)cc1. The van der Waals surface area contributed by atoms with Crippen molar-refractivity contribution in [2.75, 3.05) is 4.90 Å². The monoisotopic (exact) mass is 735 g/mol. The molecular weight excluding hydrogens is 691 g/mol. The summed E-state index contributed by atoms with van der Waals surface area (Å²) in [5.74, 6) is 0. The Bertz CT molecular complexity index is 2580. The summed E-state index contributed by atoms with van der Waals surface area (Å²) in [4.78, 5) is 2.31. The lowest BCUT2D eigenvalue weighted by atomic mass is 9.92. The Hall–Kier alpha value is -7.00. The lowest BCUT2D eigenvalue weighted by Crippen LogP contribution is -2.10. The molecule has 276 valence electrons. The summed E-state index contributed by atoms with van der Waals surface area (Å²) in [6.07, 6.45) is 8.82. The number of benzene rings is 8. The molecule has 0 atom stereocenters. The molecule has 0 radical (unpaired) electrons. The molecule has 0 unspecified atom stereocenters. The summed E-state index contributed by atoms with van der Waals surface area (Å²) in [7, 11) is 0. The van der Waals surface area contributed by atoms with Gasteiger partial charge in [0.25, 0.3) is 0 Å². The van der Waals surface area contributed by atoms with Crippen molar-refractivity contribution in [1.82, 2.24) is 0 Å². The average molecular weight is 736 g/mol. The first-order valence-corrected chi connectivity index (χ1v) is 19.5. The molecule has 8 aromatic rings. The van der Waals surface area contributed by atoms with Crippen LogP contribution in [-0.4, -0.2) is 5.11 Å². The maximum Gasteiger partial charge on any atom is 0.0681 e. The molecule has 0 aliphatic rings. The minimum atomic E-state index is 0.000276. The normalized spacial score (nSPS) is 11.1. The number of aliphatic hydroxyl groups excluding tert-OH is 1. The molecule has 0 amide bonds. The Morgan fingerprint density at radius 1 is 0.474 bits per heavy atom. The van der Waals surface area contributed by atoms with E-state index in [1.165, 1.54) is 49.9 Å². The van der Waals surface area contributed by atoms with Crippen LogP contribution < -0.4 is 4.90 Å². The van der Waals surface area contributed by atoms with Crippen LogP contribution in [0.1, 0.15) is 50.1 Å². The number of allylic oxidation sites excluding steroid dienone is 2. The van der Waals surface area contributed by atoms with Gasteiger partial charge in [0.2, 0.25) is 0 Å². The number of aliphatic hydroxyl groups is 1. The van der Waals surface area contributed by atoms with Gasteiger partial charge in [0.15, 0.2) is 0 Å². The lowest BCUT2D eigenvalue weighted by Gasteiger charge is -2.27. The van der Waals surface area contributed by atoms with Crippen LogP contribution in [0.2, 0.25) is 0 Å². The molecule has 1 N–H and O–H groups in total. The van der Waals surface area contributed by atoms with E-state index in [2.05, 4.69) is 225 Å². The summed E-state index contributed by atoms with van der Waals surface area (Å²) in [6.45, 7) is 4.26. The van der Waals surface area contributed by atoms with Gasteiger partial charge in [0, 0.05) is 16.8 Å². The smallest absolute Gasteiger partial charge is 0.0681 e. The molecular formula is C55H45NO. The van der Waals surface area contributed by atoms with Gasteiger partial charge in [0.05, 0.1) is 12.3 Å². The molecule has 57 heavy (non-hydrogen) atoms. The van der Waals surface area contributed by atoms with Crippen LogP contribution >= 0.6 is 0 Å². The Morgan fingerprint density at radius 3 is 1.51 bits per heavy atom. The first-order valence-electron chi connectivity index (χ1n) is 19.5. The number of hydrogen-bond acceptors (Lipinski definition) is 2. The third kappa shape index (κ3) is 8.48. The predicted molar refractivity (Wildman–Crippen MR) is 243 cm³/mol. The summed E-state index contributed by atoms with van der Waals surface area (Å²) in [5.41, 5.74) is 15.8. The average Bonchev–Trinajstić information content (AvgIpc) is 3.27. The number of anilines is 3. The summed E-state index contributed by atoms with van der Waals surface area (Å²) < 4.78 is 0. The maximum atomic E-state index is 9.87. The van der Waals surface area contributed by atoms with Gasteiger partial charge in [-0.1, -0.05) is 193 Å². The second kappa shape index (κ2) is 17.2. The van der Waals surface area contributed by atoms with Gasteiger partial charge >= 0.3 is 0 Å². The van der Waals surface area contributed by atoms with E-state index in [1.54, 1.807) is 0 Å². The molecule has 0 heterocycles. The highest BCUT2D eigenvalue weighted by Crippen LogP contribution is 2.41. The molecule has 0 bridgehead atoms. The van der Waals surface area contributed by atoms with Crippen LogP contribution in [-0.2, 0) is 6.61 Å². The Balaban J connectivity index is 1.19. The molecule has 2 heteroatoms. The molecule has 0 aliphatic heterocycles. The van der Waals surface area contributed by atoms with Crippen LogP contribution in [0, 0.1) is 13.8 Å². The predicted octanol–water partition coefficient (Wildman–Crippen LogP) is 14.2. The fourth-order valence-electron chi connectivity index (χ4n) is 7.34. The molecule has 8 aromatic carbocycles. The van der Waals surface area contributed by atoms with Crippen LogP contribution in [0.15, 0.2) is 206 Å². The van der Waals surface area contributed by atoms with Crippen molar-refractivity contribution in [2.45, 2.75) is 20.5 Å². The van der Waals surface area contributed by atoms with E-state index in [4.69, 9.17) is 0 Å². The highest BCUT2D eigenvalue weighted by atomic mass is 16.3. The second-order valence-corrected chi connectivity index (χ2v) is 14.4. The zero-order chi connectivity index (χ0) is 39.0. The van der Waals surface area contributed by atoms with E-state index in [1.807, 2.05) is 12.1 Å². The van der Waals surface area contributed by atoms with Gasteiger partial charge in [-0.05, 0) is 106 Å². The Labute approximate surface area is 336 Å². The quantitative estimate of drug-likeness (QED) is 0.106. The Kier molecular flexibility index (Phi) is 11.2. The minimum absolute atomic E-state index is 0.000276. The molecule has 0 saturated heterocycles. The lowest BCUT2D eigenvalue weighted by molar-refractivity contribution is 0.282. The number of aryl methyl sites for hydroxylation is 2. The van der Waals surface area contributed by atoms with Gasteiger partial charge in [-0.3, -0.25) is 0 Å². The first kappa shape index (κ1) is 36.9. The highest BCUT2D eigenvalue weighted by molar-refractivity contribution is 6.05. The summed E-state index contributed by atoms with van der Waals surface area (Å²) in [6, 6.07) is 68.7. The van der Waals surface area contributed by atoms with Crippen molar-refractivity contribution in [3.63, 3.8) is 0 Å².